The number of halogens is 1. The molecule has 0 spiro atoms. The first-order valence-electron chi connectivity index (χ1n) is 8.34. The number of carbonyl (C=O) groups is 3. The van der Waals surface area contributed by atoms with Crippen molar-refractivity contribution in [3.05, 3.63) is 52.5 Å². The first-order chi connectivity index (χ1) is 13.4. The number of hydrazine groups is 1. The molecular weight excluding hydrogens is 430 g/mol. The zero-order valence-electron chi connectivity index (χ0n) is 15.2. The smallest absolute Gasteiger partial charge is 0.265 e. The second-order valence-corrected chi connectivity index (χ2v) is 6.92. The van der Waals surface area contributed by atoms with E-state index in [9.17, 15) is 14.4 Å². The van der Waals surface area contributed by atoms with Gasteiger partial charge in [-0.2, -0.15) is 0 Å². The molecule has 0 unspecified atom stereocenters. The number of hydrogen-bond donors (Lipinski definition) is 2. The summed E-state index contributed by atoms with van der Waals surface area (Å²) in [5.41, 5.74) is 5.87. The summed E-state index contributed by atoms with van der Waals surface area (Å²) in [5, 5.41) is 0. The summed E-state index contributed by atoms with van der Waals surface area (Å²) in [5.74, 6) is -0.353. The maximum Gasteiger partial charge on any atom is 0.265 e. The average Bonchev–Trinajstić information content (AvgIpc) is 2.99. The van der Waals surface area contributed by atoms with E-state index in [1.165, 1.54) is 26.4 Å². The van der Waals surface area contributed by atoms with Crippen molar-refractivity contribution in [3.63, 3.8) is 0 Å². The number of amides is 3. The second kappa shape index (κ2) is 8.41. The first kappa shape index (κ1) is 19.8. The fraction of sp³-hybridized carbons (Fsp3) is 0.211. The fourth-order valence-corrected chi connectivity index (χ4v) is 3.03. The van der Waals surface area contributed by atoms with E-state index < -0.39 is 17.9 Å². The molecular formula is C19H18BrN3O5. The van der Waals surface area contributed by atoms with E-state index in [2.05, 4.69) is 26.8 Å². The largest absolute Gasteiger partial charge is 0.497 e. The van der Waals surface area contributed by atoms with Crippen LogP contribution in [-0.4, -0.2) is 38.0 Å². The van der Waals surface area contributed by atoms with Gasteiger partial charge in [-0.1, -0.05) is 15.9 Å². The summed E-state index contributed by atoms with van der Waals surface area (Å²) < 4.78 is 11.1. The molecule has 0 aromatic heterocycles. The van der Waals surface area contributed by atoms with Gasteiger partial charge < -0.3 is 9.47 Å². The molecule has 2 N–H and O–H groups in total. The second-order valence-electron chi connectivity index (χ2n) is 6.00. The van der Waals surface area contributed by atoms with Crippen molar-refractivity contribution in [2.75, 3.05) is 19.1 Å². The predicted molar refractivity (Wildman–Crippen MR) is 105 cm³/mol. The van der Waals surface area contributed by atoms with Crippen molar-refractivity contribution in [3.8, 4) is 11.5 Å². The Bertz CT molecular complexity index is 894. The van der Waals surface area contributed by atoms with Crippen LogP contribution in [0.5, 0.6) is 11.5 Å². The molecule has 0 saturated carbocycles. The summed E-state index contributed by atoms with van der Waals surface area (Å²) >= 11 is 3.31. The highest BCUT2D eigenvalue weighted by atomic mass is 79.9. The Morgan fingerprint density at radius 3 is 2.25 bits per heavy atom. The summed E-state index contributed by atoms with van der Waals surface area (Å²) in [7, 11) is 2.96. The Hall–Kier alpha value is -2.91. The molecule has 3 rings (SSSR count). The molecule has 1 aliphatic heterocycles. The molecule has 1 saturated heterocycles. The quantitative estimate of drug-likeness (QED) is 0.519. The summed E-state index contributed by atoms with van der Waals surface area (Å²) in [6.45, 7) is 0. The highest BCUT2D eigenvalue weighted by molar-refractivity contribution is 9.10. The molecule has 28 heavy (non-hydrogen) atoms. The van der Waals surface area contributed by atoms with Gasteiger partial charge in [-0.05, 0) is 36.4 Å². The third-order valence-electron chi connectivity index (χ3n) is 4.21. The van der Waals surface area contributed by atoms with Gasteiger partial charge in [-0.25, -0.2) is 10.3 Å². The van der Waals surface area contributed by atoms with E-state index >= 15 is 0 Å². The number of ether oxygens (including phenoxy) is 2. The van der Waals surface area contributed by atoms with Crippen molar-refractivity contribution in [1.82, 2.24) is 10.9 Å². The standard InChI is InChI=1S/C19H18BrN3O5/c1-27-14-7-11(8-15(9-14)28-2)18(25)22-21-16-10-17(24)23(19(16)26)13-5-3-12(20)4-6-13/h3-9,16,21H,10H2,1-2H3,(H,22,25)/t16-/m1/s1. The van der Waals surface area contributed by atoms with Crippen molar-refractivity contribution in [1.29, 1.82) is 0 Å². The molecule has 1 atom stereocenters. The van der Waals surface area contributed by atoms with Crippen molar-refractivity contribution >= 4 is 39.3 Å². The van der Waals surface area contributed by atoms with Crippen LogP contribution < -0.4 is 25.2 Å². The van der Waals surface area contributed by atoms with Crippen LogP contribution in [0.25, 0.3) is 0 Å². The van der Waals surface area contributed by atoms with Crippen LogP contribution in [0.15, 0.2) is 46.9 Å². The van der Waals surface area contributed by atoms with Gasteiger partial charge in [-0.15, -0.1) is 0 Å². The van der Waals surface area contributed by atoms with Crippen LogP contribution in [0.2, 0.25) is 0 Å². The lowest BCUT2D eigenvalue weighted by atomic mass is 10.2. The van der Waals surface area contributed by atoms with Gasteiger partial charge in [0.25, 0.3) is 11.8 Å². The lowest BCUT2D eigenvalue weighted by Crippen LogP contribution is -2.48. The fourth-order valence-electron chi connectivity index (χ4n) is 2.77. The maximum absolute atomic E-state index is 12.6. The number of imide groups is 1. The molecule has 3 amide bonds. The van der Waals surface area contributed by atoms with Crippen molar-refractivity contribution < 1.29 is 23.9 Å². The Balaban J connectivity index is 1.68. The van der Waals surface area contributed by atoms with Crippen LogP contribution in [0, 0.1) is 0 Å². The van der Waals surface area contributed by atoms with Crippen molar-refractivity contribution in [2.45, 2.75) is 12.5 Å². The van der Waals surface area contributed by atoms with Gasteiger partial charge >= 0.3 is 0 Å². The topological polar surface area (TPSA) is 97.0 Å². The molecule has 2 aromatic carbocycles. The Morgan fingerprint density at radius 2 is 1.68 bits per heavy atom. The number of benzene rings is 2. The minimum Gasteiger partial charge on any atom is -0.497 e. The predicted octanol–water partition coefficient (Wildman–Crippen LogP) is 2.03. The number of rotatable bonds is 6. The summed E-state index contributed by atoms with van der Waals surface area (Å²) in [4.78, 5) is 38.4. The van der Waals surface area contributed by atoms with Crippen LogP contribution in [0.3, 0.4) is 0 Å². The number of hydrogen-bond acceptors (Lipinski definition) is 6. The van der Waals surface area contributed by atoms with E-state index in [1.54, 1.807) is 30.3 Å². The molecule has 1 aliphatic rings. The number of carbonyl (C=O) groups excluding carboxylic acids is 3. The zero-order chi connectivity index (χ0) is 20.3. The van der Waals surface area contributed by atoms with Crippen molar-refractivity contribution in [2.24, 2.45) is 0 Å². The molecule has 1 fully saturated rings. The number of nitrogens with one attached hydrogen (secondary N) is 2. The summed E-state index contributed by atoms with van der Waals surface area (Å²) in [6, 6.07) is 10.7. The molecule has 0 bridgehead atoms. The number of nitrogens with zero attached hydrogens (tertiary/aromatic N) is 1. The minimum absolute atomic E-state index is 0.0589. The van der Waals surface area contributed by atoms with Gasteiger partial charge in [0, 0.05) is 16.1 Å². The van der Waals surface area contributed by atoms with E-state index in [1.807, 2.05) is 0 Å². The lowest BCUT2D eigenvalue weighted by Gasteiger charge is -2.16. The van der Waals surface area contributed by atoms with Crippen LogP contribution >= 0.6 is 15.9 Å². The SMILES string of the molecule is COc1cc(OC)cc(C(=O)NN[C@@H]2CC(=O)N(c3ccc(Br)cc3)C2=O)c1. The Morgan fingerprint density at radius 1 is 1.07 bits per heavy atom. The Kier molecular flexibility index (Phi) is 5.96. The lowest BCUT2D eigenvalue weighted by molar-refractivity contribution is -0.121. The van der Waals surface area contributed by atoms with Gasteiger partial charge in [0.15, 0.2) is 0 Å². The molecule has 0 radical (unpaired) electrons. The molecule has 0 aliphatic carbocycles. The zero-order valence-corrected chi connectivity index (χ0v) is 16.8. The highest BCUT2D eigenvalue weighted by Gasteiger charge is 2.39. The van der Waals surface area contributed by atoms with E-state index in [4.69, 9.17) is 9.47 Å². The van der Waals surface area contributed by atoms with E-state index in [0.717, 1.165) is 9.37 Å². The normalized spacial score (nSPS) is 16.2. The molecule has 1 heterocycles. The van der Waals surface area contributed by atoms with Gasteiger partial charge in [0.2, 0.25) is 5.91 Å². The molecule has 2 aromatic rings. The summed E-state index contributed by atoms with van der Waals surface area (Å²) in [6.07, 6.45) is -0.0589. The van der Waals surface area contributed by atoms with E-state index in [-0.39, 0.29) is 17.9 Å². The minimum atomic E-state index is -0.854. The van der Waals surface area contributed by atoms with Crippen LogP contribution in [0.4, 0.5) is 5.69 Å². The molecule has 146 valence electrons. The maximum atomic E-state index is 12.6. The third kappa shape index (κ3) is 4.15. The number of methoxy groups -OCH3 is 2. The Labute approximate surface area is 169 Å². The average molecular weight is 448 g/mol. The monoisotopic (exact) mass is 447 g/mol. The first-order valence-corrected chi connectivity index (χ1v) is 9.13. The van der Waals surface area contributed by atoms with Gasteiger partial charge in [0.05, 0.1) is 26.3 Å². The number of anilines is 1. The molecule has 9 heteroatoms. The van der Waals surface area contributed by atoms with E-state index in [0.29, 0.717) is 17.2 Å². The van der Waals surface area contributed by atoms with Crippen LogP contribution in [0.1, 0.15) is 16.8 Å². The van der Waals surface area contributed by atoms with Crippen LogP contribution in [-0.2, 0) is 9.59 Å². The third-order valence-corrected chi connectivity index (χ3v) is 4.73. The highest BCUT2D eigenvalue weighted by Crippen LogP contribution is 2.25. The molecule has 8 nitrogen and oxygen atoms in total. The van der Waals surface area contributed by atoms with Gasteiger partial charge in [-0.3, -0.25) is 19.8 Å². The van der Waals surface area contributed by atoms with Gasteiger partial charge in [0.1, 0.15) is 17.5 Å².